The predicted molar refractivity (Wildman–Crippen MR) is 52.7 cm³/mol. The molecule has 0 saturated heterocycles. The number of carbonyl (C=O) groups is 1. The molecular formula is C9H8ClF2NO3. The lowest BCUT2D eigenvalue weighted by atomic mass is 10.2. The predicted octanol–water partition coefficient (Wildman–Crippen LogP) is 1.68. The van der Waals surface area contributed by atoms with Crippen molar-refractivity contribution in [3.63, 3.8) is 0 Å². The minimum Gasteiger partial charge on any atom is -0.469 e. The van der Waals surface area contributed by atoms with E-state index >= 15 is 0 Å². The van der Waals surface area contributed by atoms with E-state index in [9.17, 15) is 18.4 Å². The van der Waals surface area contributed by atoms with Gasteiger partial charge in [-0.05, 0) is 0 Å². The van der Waals surface area contributed by atoms with E-state index in [1.165, 1.54) is 0 Å². The van der Waals surface area contributed by atoms with Crippen molar-refractivity contribution >= 4 is 17.6 Å². The Kier molecular flexibility index (Phi) is 4.00. The van der Waals surface area contributed by atoms with Gasteiger partial charge in [0, 0.05) is 17.3 Å². The summed E-state index contributed by atoms with van der Waals surface area (Å²) in [5, 5.41) is -0.319. The number of ether oxygens (including phenoxy) is 1. The number of hydrogen-bond donors (Lipinski definition) is 1. The van der Waals surface area contributed by atoms with E-state index in [1.807, 2.05) is 0 Å². The lowest BCUT2D eigenvalue weighted by Crippen LogP contribution is -2.15. The third-order valence-electron chi connectivity index (χ3n) is 1.86. The lowest BCUT2D eigenvalue weighted by Gasteiger charge is -2.07. The molecule has 0 bridgehead atoms. The van der Waals surface area contributed by atoms with Gasteiger partial charge in [-0.15, -0.1) is 0 Å². The number of aromatic amines is 1. The summed E-state index contributed by atoms with van der Waals surface area (Å²) in [6.45, 7) is 0. The second-order valence-corrected chi connectivity index (χ2v) is 3.31. The van der Waals surface area contributed by atoms with Crippen molar-refractivity contribution in [1.82, 2.24) is 4.98 Å². The molecule has 1 aromatic heterocycles. The fourth-order valence-corrected chi connectivity index (χ4v) is 1.37. The second-order valence-electron chi connectivity index (χ2n) is 2.94. The quantitative estimate of drug-likeness (QED) is 0.832. The number of pyridine rings is 1. The van der Waals surface area contributed by atoms with Crippen LogP contribution in [-0.2, 0) is 16.0 Å². The summed E-state index contributed by atoms with van der Waals surface area (Å²) in [5.41, 5.74) is -1.40. The van der Waals surface area contributed by atoms with Crippen LogP contribution in [0.15, 0.2) is 10.9 Å². The fourth-order valence-electron chi connectivity index (χ4n) is 1.12. The normalized spacial score (nSPS) is 10.6. The zero-order chi connectivity index (χ0) is 12.3. The summed E-state index contributed by atoms with van der Waals surface area (Å²) in [4.78, 5) is 24.2. The Morgan fingerprint density at radius 1 is 1.62 bits per heavy atom. The molecule has 0 radical (unpaired) electrons. The highest BCUT2D eigenvalue weighted by molar-refractivity contribution is 6.32. The van der Waals surface area contributed by atoms with Crippen LogP contribution in [-0.4, -0.2) is 18.1 Å². The standard InChI is InChI=1S/C9H8ClF2NO3/c1-16-7(15)3-5-8(10)4(9(11)12)2-6(14)13-5/h2,9H,3H2,1H3,(H,13,14). The zero-order valence-electron chi connectivity index (χ0n) is 8.22. The number of nitrogens with one attached hydrogen (secondary N) is 1. The molecule has 16 heavy (non-hydrogen) atoms. The molecule has 0 fully saturated rings. The third-order valence-corrected chi connectivity index (χ3v) is 2.31. The van der Waals surface area contributed by atoms with Crippen LogP contribution in [0.4, 0.5) is 8.78 Å². The SMILES string of the molecule is COC(=O)Cc1[nH]c(=O)cc(C(F)F)c1Cl. The number of methoxy groups -OCH3 is 1. The Labute approximate surface area is 94.2 Å². The largest absolute Gasteiger partial charge is 0.469 e. The van der Waals surface area contributed by atoms with Crippen molar-refractivity contribution in [1.29, 1.82) is 0 Å². The first-order valence-corrected chi connectivity index (χ1v) is 4.60. The highest BCUT2D eigenvalue weighted by atomic mass is 35.5. The lowest BCUT2D eigenvalue weighted by molar-refractivity contribution is -0.139. The summed E-state index contributed by atoms with van der Waals surface area (Å²) in [6, 6.07) is 0.702. The maximum absolute atomic E-state index is 12.5. The van der Waals surface area contributed by atoms with Crippen molar-refractivity contribution in [3.8, 4) is 0 Å². The first-order chi connectivity index (χ1) is 7.45. The molecule has 0 aliphatic rings. The summed E-state index contributed by atoms with van der Waals surface area (Å²) in [7, 11) is 1.14. The highest BCUT2D eigenvalue weighted by Crippen LogP contribution is 2.27. The van der Waals surface area contributed by atoms with Crippen LogP contribution in [0.5, 0.6) is 0 Å². The average molecular weight is 252 g/mol. The van der Waals surface area contributed by atoms with Gasteiger partial charge >= 0.3 is 5.97 Å². The van der Waals surface area contributed by atoms with Gasteiger partial charge in [0.25, 0.3) is 6.43 Å². The molecule has 0 amide bonds. The zero-order valence-corrected chi connectivity index (χ0v) is 8.98. The topological polar surface area (TPSA) is 59.2 Å². The van der Waals surface area contributed by atoms with Gasteiger partial charge in [0.15, 0.2) is 0 Å². The van der Waals surface area contributed by atoms with E-state index in [-0.39, 0.29) is 17.1 Å². The van der Waals surface area contributed by atoms with Crippen LogP contribution in [0.1, 0.15) is 17.7 Å². The molecule has 0 saturated carbocycles. The van der Waals surface area contributed by atoms with Gasteiger partial charge < -0.3 is 9.72 Å². The number of rotatable bonds is 3. The van der Waals surface area contributed by atoms with Crippen molar-refractivity contribution in [3.05, 3.63) is 32.7 Å². The Bertz CT molecular complexity index is 459. The smallest absolute Gasteiger partial charge is 0.311 e. The fraction of sp³-hybridized carbons (Fsp3) is 0.333. The molecular weight excluding hydrogens is 244 g/mol. The first kappa shape index (κ1) is 12.6. The van der Waals surface area contributed by atoms with Crippen molar-refractivity contribution in [2.24, 2.45) is 0 Å². The number of esters is 1. The molecule has 4 nitrogen and oxygen atoms in total. The molecule has 88 valence electrons. The van der Waals surface area contributed by atoms with Gasteiger partial charge in [0.2, 0.25) is 5.56 Å². The third kappa shape index (κ3) is 2.79. The van der Waals surface area contributed by atoms with Crippen LogP contribution in [0.25, 0.3) is 0 Å². The summed E-state index contributed by atoms with van der Waals surface area (Å²) >= 11 is 5.62. The van der Waals surface area contributed by atoms with Crippen molar-refractivity contribution in [2.75, 3.05) is 7.11 Å². The van der Waals surface area contributed by atoms with Gasteiger partial charge in [-0.1, -0.05) is 11.6 Å². The molecule has 7 heteroatoms. The second kappa shape index (κ2) is 5.07. The van der Waals surface area contributed by atoms with Crippen LogP contribution in [0.2, 0.25) is 5.02 Å². The van der Waals surface area contributed by atoms with Crippen molar-refractivity contribution in [2.45, 2.75) is 12.8 Å². The molecule has 0 aliphatic heterocycles. The molecule has 0 atom stereocenters. The average Bonchev–Trinajstić information content (AvgIpc) is 2.22. The van der Waals surface area contributed by atoms with E-state index in [1.54, 1.807) is 0 Å². The van der Waals surface area contributed by atoms with E-state index in [0.717, 1.165) is 7.11 Å². The number of halogens is 3. The number of H-pyrrole nitrogens is 1. The number of aromatic nitrogens is 1. The maximum Gasteiger partial charge on any atom is 0.311 e. The Morgan fingerprint density at radius 3 is 2.75 bits per heavy atom. The van der Waals surface area contributed by atoms with E-state index in [2.05, 4.69) is 9.72 Å². The maximum atomic E-state index is 12.5. The van der Waals surface area contributed by atoms with Crippen LogP contribution < -0.4 is 5.56 Å². The summed E-state index contributed by atoms with van der Waals surface area (Å²) in [5.74, 6) is -0.677. The van der Waals surface area contributed by atoms with Gasteiger partial charge in [0.1, 0.15) is 0 Å². The van der Waals surface area contributed by atoms with Gasteiger partial charge in [-0.3, -0.25) is 9.59 Å². The van der Waals surface area contributed by atoms with Crippen LogP contribution in [0.3, 0.4) is 0 Å². The van der Waals surface area contributed by atoms with Crippen molar-refractivity contribution < 1.29 is 18.3 Å². The minimum absolute atomic E-state index is 0.0729. The molecule has 0 aliphatic carbocycles. The molecule has 0 unspecified atom stereocenters. The van der Waals surface area contributed by atoms with E-state index in [0.29, 0.717) is 6.07 Å². The highest BCUT2D eigenvalue weighted by Gasteiger charge is 2.18. The monoisotopic (exact) mass is 251 g/mol. The van der Waals surface area contributed by atoms with Crippen LogP contribution in [0, 0.1) is 0 Å². The molecule has 0 aromatic carbocycles. The number of alkyl halides is 2. The number of hydrogen-bond acceptors (Lipinski definition) is 3. The van der Waals surface area contributed by atoms with Gasteiger partial charge in [-0.25, -0.2) is 8.78 Å². The Balaban J connectivity index is 3.19. The van der Waals surface area contributed by atoms with Crippen LogP contribution >= 0.6 is 11.6 Å². The molecule has 1 aromatic rings. The molecule has 1 N–H and O–H groups in total. The molecule has 1 heterocycles. The Morgan fingerprint density at radius 2 is 2.25 bits per heavy atom. The Hall–Kier alpha value is -1.43. The summed E-state index contributed by atoms with van der Waals surface area (Å²) in [6.07, 6.45) is -3.23. The molecule has 1 rings (SSSR count). The van der Waals surface area contributed by atoms with E-state index in [4.69, 9.17) is 11.6 Å². The molecule has 0 spiro atoms. The summed E-state index contributed by atoms with van der Waals surface area (Å²) < 4.78 is 29.2. The van der Waals surface area contributed by atoms with Gasteiger partial charge in [-0.2, -0.15) is 0 Å². The first-order valence-electron chi connectivity index (χ1n) is 4.22. The minimum atomic E-state index is -2.87. The number of carbonyl (C=O) groups excluding carboxylic acids is 1. The van der Waals surface area contributed by atoms with Gasteiger partial charge in [0.05, 0.1) is 18.6 Å². The van der Waals surface area contributed by atoms with E-state index < -0.39 is 23.5 Å².